The van der Waals surface area contributed by atoms with Crippen molar-refractivity contribution in [3.63, 3.8) is 0 Å². The van der Waals surface area contributed by atoms with E-state index in [0.29, 0.717) is 6.10 Å². The molecule has 0 aliphatic carbocycles. The molecule has 1 saturated heterocycles. The third kappa shape index (κ3) is 2.19. The molecular formula is C14H19N3O2. The van der Waals surface area contributed by atoms with Crippen LogP contribution >= 0.6 is 0 Å². The summed E-state index contributed by atoms with van der Waals surface area (Å²) in [6.45, 7) is 4.67. The monoisotopic (exact) mass is 261 g/mol. The summed E-state index contributed by atoms with van der Waals surface area (Å²) in [6, 6.07) is 5.47. The predicted molar refractivity (Wildman–Crippen MR) is 74.2 cm³/mol. The first-order chi connectivity index (χ1) is 9.19. The molecule has 3 N–H and O–H groups in total. The molecule has 2 aliphatic heterocycles. The van der Waals surface area contributed by atoms with Crippen LogP contribution in [0, 0.1) is 0 Å². The summed E-state index contributed by atoms with van der Waals surface area (Å²) < 4.78 is 5.67. The van der Waals surface area contributed by atoms with Crippen LogP contribution in [0.25, 0.3) is 0 Å². The van der Waals surface area contributed by atoms with Gasteiger partial charge in [-0.2, -0.15) is 0 Å². The van der Waals surface area contributed by atoms with Crippen molar-refractivity contribution in [2.24, 2.45) is 5.73 Å². The molecule has 0 radical (unpaired) electrons. The number of morpholine rings is 1. The maximum atomic E-state index is 11.5. The topological polar surface area (TPSA) is 67.6 Å². The number of nitrogens with zero attached hydrogens (tertiary/aromatic N) is 1. The summed E-state index contributed by atoms with van der Waals surface area (Å²) in [5, 5.41) is 2.83. The molecule has 1 aromatic carbocycles. The Morgan fingerprint density at radius 3 is 3.16 bits per heavy atom. The van der Waals surface area contributed by atoms with Gasteiger partial charge in [0.05, 0.1) is 12.7 Å². The van der Waals surface area contributed by atoms with Gasteiger partial charge in [0.1, 0.15) is 6.04 Å². The number of amides is 1. The molecule has 0 bridgehead atoms. The lowest BCUT2D eigenvalue weighted by molar-refractivity contribution is -0.116. The molecular weight excluding hydrogens is 242 g/mol. The molecule has 0 spiro atoms. The van der Waals surface area contributed by atoms with Crippen molar-refractivity contribution in [3.05, 3.63) is 23.8 Å². The Balaban J connectivity index is 1.83. The van der Waals surface area contributed by atoms with E-state index in [1.54, 1.807) is 0 Å². The Bertz CT molecular complexity index is 503. The summed E-state index contributed by atoms with van der Waals surface area (Å²) in [6.07, 6.45) is 1.31. The van der Waals surface area contributed by atoms with Gasteiger partial charge < -0.3 is 20.7 Å². The largest absolute Gasteiger partial charge is 0.375 e. The van der Waals surface area contributed by atoms with Gasteiger partial charge in [-0.15, -0.1) is 0 Å². The van der Waals surface area contributed by atoms with Crippen molar-refractivity contribution >= 4 is 17.3 Å². The number of fused-ring (bicyclic) bond motifs is 1. The highest BCUT2D eigenvalue weighted by Crippen LogP contribution is 2.33. The third-order valence-electron chi connectivity index (χ3n) is 3.87. The zero-order chi connectivity index (χ0) is 13.4. The summed E-state index contributed by atoms with van der Waals surface area (Å²) in [5.74, 6) is -0.124. The number of nitrogens with one attached hydrogen (secondary N) is 1. The van der Waals surface area contributed by atoms with Crippen LogP contribution < -0.4 is 16.0 Å². The van der Waals surface area contributed by atoms with Crippen LogP contribution in [0.15, 0.2) is 18.2 Å². The summed E-state index contributed by atoms with van der Waals surface area (Å²) in [4.78, 5) is 13.8. The lowest BCUT2D eigenvalue weighted by atomic mass is 10.1. The molecule has 102 valence electrons. The Hall–Kier alpha value is -1.59. The maximum Gasteiger partial charge on any atom is 0.245 e. The number of nitrogens with two attached hydrogens (primary N) is 1. The predicted octanol–water partition coefficient (Wildman–Crippen LogP) is 1.25. The summed E-state index contributed by atoms with van der Waals surface area (Å²) >= 11 is 0. The number of ether oxygens (including phenoxy) is 1. The van der Waals surface area contributed by atoms with Crippen molar-refractivity contribution in [2.45, 2.75) is 25.5 Å². The molecule has 5 nitrogen and oxygen atoms in total. The van der Waals surface area contributed by atoms with Crippen LogP contribution in [0.5, 0.6) is 0 Å². The molecule has 2 unspecified atom stereocenters. The minimum Gasteiger partial charge on any atom is -0.375 e. The summed E-state index contributed by atoms with van der Waals surface area (Å²) in [5.41, 5.74) is 8.66. The first kappa shape index (κ1) is 12.4. The Morgan fingerprint density at radius 2 is 2.37 bits per heavy atom. The van der Waals surface area contributed by atoms with E-state index in [0.717, 1.165) is 43.1 Å². The van der Waals surface area contributed by atoms with E-state index in [1.165, 1.54) is 0 Å². The van der Waals surface area contributed by atoms with Crippen LogP contribution in [-0.4, -0.2) is 31.7 Å². The Morgan fingerprint density at radius 1 is 1.53 bits per heavy atom. The molecule has 1 fully saturated rings. The van der Waals surface area contributed by atoms with Crippen molar-refractivity contribution in [1.82, 2.24) is 0 Å². The second-order valence-electron chi connectivity index (χ2n) is 5.09. The molecule has 1 aromatic rings. The fourth-order valence-corrected chi connectivity index (χ4v) is 2.67. The Labute approximate surface area is 112 Å². The van der Waals surface area contributed by atoms with Crippen molar-refractivity contribution in [1.29, 1.82) is 0 Å². The molecule has 2 aliphatic rings. The molecule has 2 atom stereocenters. The van der Waals surface area contributed by atoms with Gasteiger partial charge in [0.2, 0.25) is 5.91 Å². The van der Waals surface area contributed by atoms with E-state index in [2.05, 4.69) is 17.1 Å². The van der Waals surface area contributed by atoms with Crippen LogP contribution in [0.4, 0.5) is 11.4 Å². The van der Waals surface area contributed by atoms with Gasteiger partial charge >= 0.3 is 0 Å². The van der Waals surface area contributed by atoms with Crippen LogP contribution in [0.3, 0.4) is 0 Å². The zero-order valence-corrected chi connectivity index (χ0v) is 11.1. The second kappa shape index (κ2) is 4.83. The van der Waals surface area contributed by atoms with Gasteiger partial charge in [-0.25, -0.2) is 0 Å². The zero-order valence-electron chi connectivity index (χ0n) is 11.1. The number of anilines is 2. The highest BCUT2D eigenvalue weighted by atomic mass is 16.5. The van der Waals surface area contributed by atoms with Gasteiger partial charge in [-0.05, 0) is 18.6 Å². The van der Waals surface area contributed by atoms with E-state index >= 15 is 0 Å². The lowest BCUT2D eigenvalue weighted by Gasteiger charge is -2.34. The average Bonchev–Trinajstić information content (AvgIpc) is 2.73. The SMILES string of the molecule is CCC1CN(c2ccc3c(c2)NC(=O)C3N)CCO1. The number of carbonyl (C=O) groups is 1. The molecule has 5 heteroatoms. The first-order valence-corrected chi connectivity index (χ1v) is 6.76. The smallest absolute Gasteiger partial charge is 0.245 e. The molecule has 3 rings (SSSR count). The van der Waals surface area contributed by atoms with Crippen molar-refractivity contribution in [3.8, 4) is 0 Å². The standard InChI is InChI=1S/C14H19N3O2/c1-2-10-8-17(5-6-19-10)9-3-4-11-12(7-9)16-14(18)13(11)15/h3-4,7,10,13H,2,5-6,8,15H2,1H3,(H,16,18). The van der Waals surface area contributed by atoms with E-state index in [4.69, 9.17) is 10.5 Å². The Kier molecular flexibility index (Phi) is 3.16. The highest BCUT2D eigenvalue weighted by Gasteiger charge is 2.28. The van der Waals surface area contributed by atoms with Crippen LogP contribution in [0.2, 0.25) is 0 Å². The maximum absolute atomic E-state index is 11.5. The van der Waals surface area contributed by atoms with Gasteiger partial charge in [0, 0.05) is 30.0 Å². The number of benzene rings is 1. The van der Waals surface area contributed by atoms with Crippen molar-refractivity contribution in [2.75, 3.05) is 29.9 Å². The first-order valence-electron chi connectivity index (χ1n) is 6.76. The second-order valence-corrected chi connectivity index (χ2v) is 5.09. The van der Waals surface area contributed by atoms with E-state index in [9.17, 15) is 4.79 Å². The fourth-order valence-electron chi connectivity index (χ4n) is 2.67. The van der Waals surface area contributed by atoms with Crippen LogP contribution in [0.1, 0.15) is 24.9 Å². The minimum absolute atomic E-state index is 0.124. The number of hydrogen-bond acceptors (Lipinski definition) is 4. The quantitative estimate of drug-likeness (QED) is 0.841. The third-order valence-corrected chi connectivity index (χ3v) is 3.87. The van der Waals surface area contributed by atoms with Crippen molar-refractivity contribution < 1.29 is 9.53 Å². The number of rotatable bonds is 2. The molecule has 0 saturated carbocycles. The lowest BCUT2D eigenvalue weighted by Crippen LogP contribution is -2.42. The highest BCUT2D eigenvalue weighted by molar-refractivity contribution is 6.02. The average molecular weight is 261 g/mol. The number of hydrogen-bond donors (Lipinski definition) is 2. The van der Waals surface area contributed by atoms with Gasteiger partial charge in [0.15, 0.2) is 0 Å². The number of carbonyl (C=O) groups excluding carboxylic acids is 1. The van der Waals surface area contributed by atoms with E-state index in [1.807, 2.05) is 18.2 Å². The van der Waals surface area contributed by atoms with Crippen LogP contribution in [-0.2, 0) is 9.53 Å². The van der Waals surface area contributed by atoms with Gasteiger partial charge in [0.25, 0.3) is 0 Å². The molecule has 1 amide bonds. The van der Waals surface area contributed by atoms with E-state index < -0.39 is 6.04 Å². The summed E-state index contributed by atoms with van der Waals surface area (Å²) in [7, 11) is 0. The fraction of sp³-hybridized carbons (Fsp3) is 0.500. The van der Waals surface area contributed by atoms with Gasteiger partial charge in [-0.1, -0.05) is 13.0 Å². The normalized spacial score (nSPS) is 26.2. The minimum atomic E-state index is -0.530. The van der Waals surface area contributed by atoms with E-state index in [-0.39, 0.29) is 5.91 Å². The molecule has 2 heterocycles. The molecule has 0 aromatic heterocycles. The molecule has 19 heavy (non-hydrogen) atoms. The van der Waals surface area contributed by atoms with Gasteiger partial charge in [-0.3, -0.25) is 4.79 Å².